The monoisotopic (exact) mass is 272 g/mol. The average molecular weight is 272 g/mol. The molecule has 9 heteroatoms. The molecule has 1 unspecified atom stereocenters. The number of hydrogen-bond acceptors (Lipinski definition) is 3. The molecule has 90 valence electrons. The van der Waals surface area contributed by atoms with Gasteiger partial charge in [-0.2, -0.15) is 0 Å². The molecule has 0 aromatic rings. The quantitative estimate of drug-likeness (QED) is 0.567. The fourth-order valence-corrected chi connectivity index (χ4v) is 5.56. The van der Waals surface area contributed by atoms with Crippen LogP contribution in [0.1, 0.15) is 32.1 Å². The average Bonchev–Trinajstić information content (AvgIpc) is 1.99. The molecule has 0 heterocycles. The van der Waals surface area contributed by atoms with Crippen molar-refractivity contribution in [2.24, 2.45) is 16.5 Å². The number of hydrogen-bond donors (Lipinski definition) is 4. The highest BCUT2D eigenvalue weighted by atomic mass is 32.5. The van der Waals surface area contributed by atoms with Crippen LogP contribution < -0.4 is 21.6 Å². The van der Waals surface area contributed by atoms with Gasteiger partial charge in [-0.1, -0.05) is 19.3 Å². The van der Waals surface area contributed by atoms with Gasteiger partial charge in [0.1, 0.15) is 0 Å². The molecule has 6 nitrogen and oxygen atoms in total. The third-order valence-corrected chi connectivity index (χ3v) is 5.85. The lowest BCUT2D eigenvalue weighted by atomic mass is 9.96. The van der Waals surface area contributed by atoms with Crippen molar-refractivity contribution in [1.29, 1.82) is 0 Å². The summed E-state index contributed by atoms with van der Waals surface area (Å²) in [5, 5.41) is 3.00. The van der Waals surface area contributed by atoms with E-state index in [0.717, 1.165) is 25.7 Å². The highest BCUT2D eigenvalue weighted by molar-refractivity contribution is 8.11. The Morgan fingerprint density at radius 3 is 2.20 bits per heavy atom. The Balaban J connectivity index is 2.47. The van der Waals surface area contributed by atoms with E-state index in [4.69, 9.17) is 32.6 Å². The van der Waals surface area contributed by atoms with Crippen molar-refractivity contribution in [1.82, 2.24) is 5.09 Å². The van der Waals surface area contributed by atoms with Crippen LogP contribution in [0, 0.1) is 0 Å². The Labute approximate surface area is 95.0 Å². The van der Waals surface area contributed by atoms with E-state index < -0.39 is 14.2 Å². The van der Waals surface area contributed by atoms with Crippen molar-refractivity contribution in [3.63, 3.8) is 0 Å². The fourth-order valence-electron chi connectivity index (χ4n) is 1.70. The maximum absolute atomic E-state index is 11.0. The van der Waals surface area contributed by atoms with Gasteiger partial charge in [0.15, 0.2) is 0 Å². The molecule has 15 heavy (non-hydrogen) atoms. The highest BCUT2D eigenvalue weighted by Gasteiger charge is 2.25. The van der Waals surface area contributed by atoms with Crippen LogP contribution in [-0.2, 0) is 20.7 Å². The lowest BCUT2D eigenvalue weighted by Gasteiger charge is -2.28. The summed E-state index contributed by atoms with van der Waals surface area (Å²) in [4.78, 5) is 0. The summed E-state index contributed by atoms with van der Waals surface area (Å²) >= 11 is 5.00. The van der Waals surface area contributed by atoms with Crippen LogP contribution in [0.25, 0.3) is 0 Å². The number of nitrogens with one attached hydrogen (secondary N) is 1. The van der Waals surface area contributed by atoms with Crippen molar-refractivity contribution in [3.05, 3.63) is 0 Å². The second-order valence-corrected chi connectivity index (χ2v) is 8.81. The van der Waals surface area contributed by atoms with Crippen molar-refractivity contribution in [2.45, 2.75) is 38.1 Å². The first kappa shape index (κ1) is 13.7. The summed E-state index contributed by atoms with van der Waals surface area (Å²) in [6.45, 7) is -2.81. The molecule has 0 radical (unpaired) electrons. The topological polar surface area (TPSA) is 116 Å². The standard InChI is InChI=1S/C6H18N4O2P2S/c7-13(8,11)12-14(9,15)10-6-4-2-1-3-5-6/h6H,1-5H2,(H4,7,8,11)(H3,9,10,15). The van der Waals surface area contributed by atoms with E-state index in [1.54, 1.807) is 0 Å². The molecule has 1 aliphatic carbocycles. The van der Waals surface area contributed by atoms with E-state index in [-0.39, 0.29) is 6.04 Å². The number of nitrogens with two attached hydrogens (primary N) is 3. The van der Waals surface area contributed by atoms with Crippen molar-refractivity contribution in [3.8, 4) is 0 Å². The molecule has 0 bridgehead atoms. The maximum Gasteiger partial charge on any atom is 0.341 e. The molecule has 1 aliphatic rings. The summed E-state index contributed by atoms with van der Waals surface area (Å²) in [5.41, 5.74) is 15.9. The molecule has 0 amide bonds. The molecule has 1 rings (SSSR count). The van der Waals surface area contributed by atoms with Crippen molar-refractivity contribution >= 4 is 26.0 Å². The molecule has 0 aliphatic heterocycles. The summed E-state index contributed by atoms with van der Waals surface area (Å²) in [7, 11) is -3.60. The van der Waals surface area contributed by atoms with Gasteiger partial charge in [0.25, 0.3) is 0 Å². The summed E-state index contributed by atoms with van der Waals surface area (Å²) < 4.78 is 15.9. The molecule has 0 spiro atoms. The second-order valence-electron chi connectivity index (χ2n) is 3.79. The zero-order chi connectivity index (χ0) is 11.5. The van der Waals surface area contributed by atoms with Crippen LogP contribution in [-0.4, -0.2) is 6.04 Å². The predicted molar refractivity (Wildman–Crippen MR) is 65.5 cm³/mol. The van der Waals surface area contributed by atoms with Crippen LogP contribution in [0.5, 0.6) is 0 Å². The van der Waals surface area contributed by atoms with Gasteiger partial charge in [0, 0.05) is 6.04 Å². The van der Waals surface area contributed by atoms with Gasteiger partial charge in [-0.05, 0) is 24.6 Å². The highest BCUT2D eigenvalue weighted by Crippen LogP contribution is 2.48. The molecule has 1 fully saturated rings. The maximum atomic E-state index is 11.0. The number of rotatable bonds is 4. The summed E-state index contributed by atoms with van der Waals surface area (Å²) in [6, 6.07) is 0.237. The fraction of sp³-hybridized carbons (Fsp3) is 1.00. The third-order valence-electron chi connectivity index (χ3n) is 2.22. The van der Waals surface area contributed by atoms with Gasteiger partial charge < -0.3 is 0 Å². The van der Waals surface area contributed by atoms with Crippen LogP contribution in [0.2, 0.25) is 0 Å². The van der Waals surface area contributed by atoms with Gasteiger partial charge in [-0.25, -0.2) is 15.3 Å². The lowest BCUT2D eigenvalue weighted by molar-refractivity contribution is 0.410. The molecule has 7 N–H and O–H groups in total. The Kier molecular flexibility index (Phi) is 4.89. The predicted octanol–water partition coefficient (Wildman–Crippen LogP) is 1.13. The van der Waals surface area contributed by atoms with E-state index in [1.807, 2.05) is 0 Å². The second kappa shape index (κ2) is 5.34. The van der Waals surface area contributed by atoms with Gasteiger partial charge in [-0.3, -0.25) is 15.2 Å². The first-order valence-electron chi connectivity index (χ1n) is 4.83. The summed E-state index contributed by atoms with van der Waals surface area (Å²) in [5.74, 6) is 0. The lowest BCUT2D eigenvalue weighted by Crippen LogP contribution is -2.32. The van der Waals surface area contributed by atoms with Gasteiger partial charge in [-0.15, -0.1) is 0 Å². The van der Waals surface area contributed by atoms with E-state index in [0.29, 0.717) is 0 Å². The largest absolute Gasteiger partial charge is 0.341 e. The van der Waals surface area contributed by atoms with Gasteiger partial charge >= 0.3 is 7.67 Å². The zero-order valence-electron chi connectivity index (χ0n) is 8.46. The Bertz CT molecular complexity index is 302. The van der Waals surface area contributed by atoms with Crippen molar-refractivity contribution in [2.75, 3.05) is 0 Å². The van der Waals surface area contributed by atoms with Crippen LogP contribution in [0.3, 0.4) is 0 Å². The van der Waals surface area contributed by atoms with Crippen LogP contribution in [0.15, 0.2) is 0 Å². The smallest absolute Gasteiger partial charge is 0.269 e. The molecule has 1 saturated carbocycles. The zero-order valence-corrected chi connectivity index (χ0v) is 11.1. The Morgan fingerprint density at radius 1 is 1.20 bits per heavy atom. The van der Waals surface area contributed by atoms with E-state index in [9.17, 15) is 4.57 Å². The van der Waals surface area contributed by atoms with E-state index in [1.165, 1.54) is 6.42 Å². The first-order chi connectivity index (χ1) is 6.79. The minimum atomic E-state index is -3.60. The third kappa shape index (κ3) is 6.09. The molecule has 0 aromatic carbocycles. The van der Waals surface area contributed by atoms with Crippen LogP contribution >= 0.6 is 14.2 Å². The first-order valence-corrected chi connectivity index (χ1v) is 9.39. The Morgan fingerprint density at radius 2 is 1.73 bits per heavy atom. The molecule has 0 aromatic heterocycles. The summed E-state index contributed by atoms with van der Waals surface area (Å²) in [6.07, 6.45) is 5.56. The normalized spacial score (nSPS) is 23.7. The minimum Gasteiger partial charge on any atom is -0.269 e. The molecular weight excluding hydrogens is 254 g/mol. The Hall–Kier alpha value is 0.680. The minimum absolute atomic E-state index is 0.237. The van der Waals surface area contributed by atoms with Crippen molar-refractivity contribution < 1.29 is 8.88 Å². The SMILES string of the molecule is NP(N)(=O)OP(N)(=S)NC1CCCCC1. The molecule has 1 atom stereocenters. The molecular formula is C6H18N4O2P2S. The van der Waals surface area contributed by atoms with E-state index >= 15 is 0 Å². The van der Waals surface area contributed by atoms with E-state index in [2.05, 4.69) is 5.09 Å². The molecule has 0 saturated heterocycles. The van der Waals surface area contributed by atoms with Gasteiger partial charge in [0.05, 0.1) is 0 Å². The van der Waals surface area contributed by atoms with Gasteiger partial charge in [0.2, 0.25) is 6.57 Å². The van der Waals surface area contributed by atoms with Crippen LogP contribution in [0.4, 0.5) is 0 Å².